The molecule has 1 amide bonds. The first-order chi connectivity index (χ1) is 9.41. The van der Waals surface area contributed by atoms with Gasteiger partial charge in [-0.15, -0.1) is 0 Å². The van der Waals surface area contributed by atoms with E-state index < -0.39 is 18.0 Å². The van der Waals surface area contributed by atoms with Gasteiger partial charge in [0, 0.05) is 24.3 Å². The first kappa shape index (κ1) is 16.1. The van der Waals surface area contributed by atoms with Crippen LogP contribution in [0, 0.1) is 11.8 Å². The number of halogens is 4. The Morgan fingerprint density at radius 3 is 2.75 bits per heavy atom. The minimum atomic E-state index is -4.18. The molecule has 0 aromatic rings. The highest BCUT2D eigenvalue weighted by molar-refractivity contribution is 9.09. The third-order valence-electron chi connectivity index (χ3n) is 4.11. The monoisotopic (exact) mass is 357 g/mol. The Morgan fingerprint density at radius 1 is 1.35 bits per heavy atom. The first-order valence-corrected chi connectivity index (χ1v) is 8.07. The van der Waals surface area contributed by atoms with E-state index in [1.54, 1.807) is 4.90 Å². The van der Waals surface area contributed by atoms with E-state index in [0.29, 0.717) is 37.9 Å². The minimum absolute atomic E-state index is 0.0569. The van der Waals surface area contributed by atoms with Crippen LogP contribution in [-0.4, -0.2) is 48.1 Å². The van der Waals surface area contributed by atoms with Crippen LogP contribution in [0.2, 0.25) is 0 Å². The second-order valence-corrected chi connectivity index (χ2v) is 6.18. The van der Waals surface area contributed by atoms with Crippen molar-refractivity contribution in [2.45, 2.75) is 38.0 Å². The van der Waals surface area contributed by atoms with E-state index in [0.717, 1.165) is 0 Å². The van der Waals surface area contributed by atoms with Gasteiger partial charge in [-0.1, -0.05) is 22.4 Å². The van der Waals surface area contributed by atoms with Crippen LogP contribution in [0.1, 0.15) is 25.7 Å². The normalized spacial score (nSPS) is 32.2. The number of ether oxygens (including phenoxy) is 1. The lowest BCUT2D eigenvalue weighted by Gasteiger charge is -2.37. The van der Waals surface area contributed by atoms with Gasteiger partial charge in [0.05, 0.1) is 18.6 Å². The number of rotatable bonds is 2. The molecule has 2 fully saturated rings. The van der Waals surface area contributed by atoms with Crippen LogP contribution < -0.4 is 0 Å². The van der Waals surface area contributed by atoms with Gasteiger partial charge in [-0.2, -0.15) is 13.2 Å². The van der Waals surface area contributed by atoms with Gasteiger partial charge in [-0.05, 0) is 19.3 Å². The van der Waals surface area contributed by atoms with Crippen LogP contribution in [-0.2, 0) is 9.53 Å². The number of amides is 1. The van der Waals surface area contributed by atoms with Crippen molar-refractivity contribution in [3.05, 3.63) is 0 Å². The molecular formula is C13H19BrF3NO2. The molecule has 3 unspecified atom stereocenters. The molecule has 2 aliphatic rings. The summed E-state index contributed by atoms with van der Waals surface area (Å²) in [5, 5.41) is 0.632. The van der Waals surface area contributed by atoms with Crippen LogP contribution in [0.4, 0.5) is 13.2 Å². The molecule has 0 aromatic heterocycles. The van der Waals surface area contributed by atoms with Gasteiger partial charge < -0.3 is 9.64 Å². The summed E-state index contributed by atoms with van der Waals surface area (Å²) in [5.74, 6) is -1.93. The maximum absolute atomic E-state index is 12.8. The number of alkyl halides is 4. The molecule has 3 atom stereocenters. The Hall–Kier alpha value is -0.300. The van der Waals surface area contributed by atoms with Crippen LogP contribution in [0.15, 0.2) is 0 Å². The molecule has 0 spiro atoms. The Labute approximate surface area is 125 Å². The third kappa shape index (κ3) is 3.87. The van der Waals surface area contributed by atoms with Crippen molar-refractivity contribution in [1.82, 2.24) is 4.90 Å². The quantitative estimate of drug-likeness (QED) is 0.711. The zero-order valence-electron chi connectivity index (χ0n) is 11.2. The van der Waals surface area contributed by atoms with Crippen molar-refractivity contribution < 1.29 is 22.7 Å². The molecule has 0 radical (unpaired) electrons. The fourth-order valence-corrected chi connectivity index (χ4v) is 3.37. The van der Waals surface area contributed by atoms with Crippen LogP contribution in [0.3, 0.4) is 0 Å². The highest BCUT2D eigenvalue weighted by Gasteiger charge is 2.44. The van der Waals surface area contributed by atoms with E-state index in [-0.39, 0.29) is 24.9 Å². The molecule has 1 saturated carbocycles. The topological polar surface area (TPSA) is 29.5 Å². The Bertz CT molecular complexity index is 351. The second-order valence-electron chi connectivity index (χ2n) is 5.53. The lowest BCUT2D eigenvalue weighted by molar-refractivity contribution is -0.187. The molecule has 1 aliphatic carbocycles. The number of carbonyl (C=O) groups excluding carboxylic acids is 1. The molecule has 20 heavy (non-hydrogen) atoms. The number of hydrogen-bond donors (Lipinski definition) is 0. The van der Waals surface area contributed by atoms with Crippen molar-refractivity contribution >= 4 is 21.8 Å². The Morgan fingerprint density at radius 2 is 2.10 bits per heavy atom. The molecule has 0 bridgehead atoms. The second kappa shape index (κ2) is 6.64. The minimum Gasteiger partial charge on any atom is -0.374 e. The summed E-state index contributed by atoms with van der Waals surface area (Å²) in [7, 11) is 0. The Balaban J connectivity index is 1.94. The summed E-state index contributed by atoms with van der Waals surface area (Å²) in [6, 6.07) is 0. The molecule has 0 aromatic carbocycles. The third-order valence-corrected chi connectivity index (χ3v) is 4.83. The van der Waals surface area contributed by atoms with E-state index in [9.17, 15) is 18.0 Å². The summed E-state index contributed by atoms with van der Waals surface area (Å²) in [6.45, 7) is 1.41. The lowest BCUT2D eigenvalue weighted by Crippen LogP contribution is -2.49. The van der Waals surface area contributed by atoms with Gasteiger partial charge in [0.2, 0.25) is 5.91 Å². The fraction of sp³-hybridized carbons (Fsp3) is 0.923. The van der Waals surface area contributed by atoms with Gasteiger partial charge in [-0.25, -0.2) is 0 Å². The van der Waals surface area contributed by atoms with Gasteiger partial charge in [0.1, 0.15) is 0 Å². The van der Waals surface area contributed by atoms with Crippen molar-refractivity contribution in [2.75, 3.05) is 25.0 Å². The van der Waals surface area contributed by atoms with Crippen LogP contribution in [0.5, 0.6) is 0 Å². The van der Waals surface area contributed by atoms with E-state index >= 15 is 0 Å². The fourth-order valence-electron chi connectivity index (χ4n) is 2.98. The summed E-state index contributed by atoms with van der Waals surface area (Å²) in [5.41, 5.74) is 0. The number of nitrogens with zero attached hydrogens (tertiary/aromatic N) is 1. The van der Waals surface area contributed by atoms with Gasteiger partial charge in [0.15, 0.2) is 0 Å². The predicted octanol–water partition coefficient (Wildman–Crippen LogP) is 2.98. The molecule has 7 heteroatoms. The molecule has 0 N–H and O–H groups in total. The standard InChI is InChI=1S/C13H19BrF3NO2/c14-7-11-8-18(4-5-20-11)12(19)9-2-1-3-10(6-9)13(15,16)17/h9-11H,1-8H2. The number of morpholine rings is 1. The highest BCUT2D eigenvalue weighted by atomic mass is 79.9. The van der Waals surface area contributed by atoms with Gasteiger partial charge in [0.25, 0.3) is 0 Å². The Kier molecular flexibility index (Phi) is 5.34. The molecular weight excluding hydrogens is 339 g/mol. The molecule has 2 rings (SSSR count). The van der Waals surface area contributed by atoms with E-state index in [4.69, 9.17) is 4.74 Å². The SMILES string of the molecule is O=C(C1CCCC(C(F)(F)F)C1)N1CCOC(CBr)C1. The van der Waals surface area contributed by atoms with E-state index in [2.05, 4.69) is 15.9 Å². The summed E-state index contributed by atoms with van der Waals surface area (Å²) < 4.78 is 43.8. The summed E-state index contributed by atoms with van der Waals surface area (Å²) >= 11 is 3.31. The smallest absolute Gasteiger partial charge is 0.374 e. The lowest BCUT2D eigenvalue weighted by atomic mass is 9.80. The van der Waals surface area contributed by atoms with E-state index in [1.807, 2.05) is 0 Å². The maximum atomic E-state index is 12.8. The number of carbonyl (C=O) groups is 1. The van der Waals surface area contributed by atoms with Crippen molar-refractivity contribution in [1.29, 1.82) is 0 Å². The average molecular weight is 358 g/mol. The zero-order chi connectivity index (χ0) is 14.8. The molecule has 3 nitrogen and oxygen atoms in total. The average Bonchev–Trinajstić information content (AvgIpc) is 2.46. The van der Waals surface area contributed by atoms with Gasteiger partial charge >= 0.3 is 6.18 Å². The van der Waals surface area contributed by atoms with Crippen LogP contribution in [0.25, 0.3) is 0 Å². The molecule has 116 valence electrons. The van der Waals surface area contributed by atoms with Crippen molar-refractivity contribution in [3.63, 3.8) is 0 Å². The van der Waals surface area contributed by atoms with E-state index in [1.165, 1.54) is 0 Å². The van der Waals surface area contributed by atoms with Crippen molar-refractivity contribution in [2.24, 2.45) is 11.8 Å². The van der Waals surface area contributed by atoms with Crippen LogP contribution >= 0.6 is 15.9 Å². The highest BCUT2D eigenvalue weighted by Crippen LogP contribution is 2.40. The summed E-state index contributed by atoms with van der Waals surface area (Å²) in [4.78, 5) is 14.0. The van der Waals surface area contributed by atoms with Crippen molar-refractivity contribution in [3.8, 4) is 0 Å². The maximum Gasteiger partial charge on any atom is 0.391 e. The molecule has 1 saturated heterocycles. The predicted molar refractivity (Wildman–Crippen MR) is 71.6 cm³/mol. The summed E-state index contributed by atoms with van der Waals surface area (Å²) in [6.07, 6.45) is -3.09. The number of hydrogen-bond acceptors (Lipinski definition) is 2. The molecule has 1 heterocycles. The largest absolute Gasteiger partial charge is 0.391 e. The zero-order valence-corrected chi connectivity index (χ0v) is 12.8. The first-order valence-electron chi connectivity index (χ1n) is 6.95. The van der Waals surface area contributed by atoms with Gasteiger partial charge in [-0.3, -0.25) is 4.79 Å². The molecule has 1 aliphatic heterocycles.